The molecular weight excluding hydrogens is 284 g/mol. The maximum Gasteiger partial charge on any atom is 0.412 e. The average molecular weight is 304 g/mol. The number of ether oxygens (including phenoxy) is 1. The Labute approximate surface area is 128 Å². The van der Waals surface area contributed by atoms with Crippen molar-refractivity contribution in [1.29, 1.82) is 0 Å². The molecule has 0 aliphatic rings. The van der Waals surface area contributed by atoms with Crippen molar-refractivity contribution >= 4 is 28.7 Å². The summed E-state index contributed by atoms with van der Waals surface area (Å²) < 4.78 is 7.09. The molecule has 6 heteroatoms. The van der Waals surface area contributed by atoms with Crippen LogP contribution in [0.3, 0.4) is 0 Å². The van der Waals surface area contributed by atoms with E-state index in [-0.39, 0.29) is 6.42 Å². The monoisotopic (exact) mass is 304 g/mol. The summed E-state index contributed by atoms with van der Waals surface area (Å²) in [7, 11) is 0. The lowest BCUT2D eigenvalue weighted by Gasteiger charge is -2.19. The number of nitrogens with zero attached hydrogens (tertiary/aromatic N) is 1. The second-order valence-electron chi connectivity index (χ2n) is 6.02. The third-order valence-corrected chi connectivity index (χ3v) is 3.02. The lowest BCUT2D eigenvalue weighted by molar-refractivity contribution is -0.137. The van der Waals surface area contributed by atoms with Crippen molar-refractivity contribution in [3.05, 3.63) is 30.5 Å². The number of hydrogen-bond acceptors (Lipinski definition) is 3. The molecule has 0 unspecified atom stereocenters. The predicted molar refractivity (Wildman–Crippen MR) is 84.0 cm³/mol. The number of carbonyl (C=O) groups is 2. The molecule has 0 saturated carbocycles. The largest absolute Gasteiger partial charge is 0.481 e. The van der Waals surface area contributed by atoms with Crippen LogP contribution in [0.4, 0.5) is 10.5 Å². The number of nitrogens with one attached hydrogen (secondary N) is 1. The van der Waals surface area contributed by atoms with Crippen molar-refractivity contribution < 1.29 is 19.4 Å². The van der Waals surface area contributed by atoms with Gasteiger partial charge in [-0.25, -0.2) is 4.79 Å². The molecule has 2 aromatic rings. The van der Waals surface area contributed by atoms with E-state index in [2.05, 4.69) is 5.32 Å². The van der Waals surface area contributed by atoms with E-state index < -0.39 is 17.7 Å². The highest BCUT2D eigenvalue weighted by molar-refractivity contribution is 5.99. The number of aryl methyl sites for hydroxylation is 1. The lowest BCUT2D eigenvalue weighted by atomic mass is 10.2. The standard InChI is InChI=1S/C16H20N2O4/c1-16(2,3)22-15(21)17-12-5-4-6-13-11(12)7-9-18(13)10-8-14(19)20/h4-7,9H,8,10H2,1-3H3,(H,17,21)(H,19,20). The normalized spacial score (nSPS) is 11.4. The van der Waals surface area contributed by atoms with Gasteiger partial charge in [-0.15, -0.1) is 0 Å². The second kappa shape index (κ2) is 6.09. The minimum Gasteiger partial charge on any atom is -0.481 e. The molecule has 0 saturated heterocycles. The van der Waals surface area contributed by atoms with Crippen LogP contribution in [-0.2, 0) is 16.1 Å². The van der Waals surface area contributed by atoms with E-state index in [1.54, 1.807) is 26.8 Å². The zero-order valence-electron chi connectivity index (χ0n) is 12.9. The Hall–Kier alpha value is -2.50. The second-order valence-corrected chi connectivity index (χ2v) is 6.02. The van der Waals surface area contributed by atoms with Gasteiger partial charge in [0, 0.05) is 18.1 Å². The van der Waals surface area contributed by atoms with E-state index in [0.29, 0.717) is 12.2 Å². The van der Waals surface area contributed by atoms with Crippen LogP contribution in [0, 0.1) is 0 Å². The van der Waals surface area contributed by atoms with Gasteiger partial charge in [-0.1, -0.05) is 6.07 Å². The number of rotatable bonds is 4. The zero-order valence-corrected chi connectivity index (χ0v) is 12.9. The fourth-order valence-electron chi connectivity index (χ4n) is 2.16. The molecule has 0 bridgehead atoms. The highest BCUT2D eigenvalue weighted by Gasteiger charge is 2.17. The molecule has 2 N–H and O–H groups in total. The predicted octanol–water partition coefficient (Wildman–Crippen LogP) is 3.46. The number of carboxylic acids is 1. The van der Waals surface area contributed by atoms with Gasteiger partial charge < -0.3 is 14.4 Å². The first-order valence-electron chi connectivity index (χ1n) is 7.06. The Morgan fingerprint density at radius 2 is 2.00 bits per heavy atom. The molecule has 0 aliphatic heterocycles. The van der Waals surface area contributed by atoms with Crippen LogP contribution in [0.25, 0.3) is 10.9 Å². The molecule has 0 radical (unpaired) electrons. The molecule has 118 valence electrons. The fraction of sp³-hybridized carbons (Fsp3) is 0.375. The highest BCUT2D eigenvalue weighted by atomic mass is 16.6. The maximum absolute atomic E-state index is 11.9. The lowest BCUT2D eigenvalue weighted by Crippen LogP contribution is -2.27. The van der Waals surface area contributed by atoms with E-state index >= 15 is 0 Å². The van der Waals surface area contributed by atoms with Gasteiger partial charge in [-0.2, -0.15) is 0 Å². The van der Waals surface area contributed by atoms with Crippen molar-refractivity contribution in [1.82, 2.24) is 4.57 Å². The summed E-state index contributed by atoms with van der Waals surface area (Å²) in [6.45, 7) is 5.79. The van der Waals surface area contributed by atoms with Crippen molar-refractivity contribution in [2.24, 2.45) is 0 Å². The van der Waals surface area contributed by atoms with Crippen molar-refractivity contribution in [2.45, 2.75) is 39.3 Å². The van der Waals surface area contributed by atoms with Crippen LogP contribution in [0.5, 0.6) is 0 Å². The van der Waals surface area contributed by atoms with Gasteiger partial charge in [-0.3, -0.25) is 10.1 Å². The molecule has 0 atom stereocenters. The van der Waals surface area contributed by atoms with E-state index in [1.165, 1.54) is 0 Å². The maximum atomic E-state index is 11.9. The molecular formula is C16H20N2O4. The Kier molecular flexibility index (Phi) is 4.40. The molecule has 6 nitrogen and oxygen atoms in total. The summed E-state index contributed by atoms with van der Waals surface area (Å²) in [6.07, 6.45) is 1.35. The molecule has 0 aliphatic carbocycles. The summed E-state index contributed by atoms with van der Waals surface area (Å²) in [4.78, 5) is 22.6. The van der Waals surface area contributed by atoms with Crippen LogP contribution >= 0.6 is 0 Å². The molecule has 1 heterocycles. The molecule has 1 amide bonds. The Bertz CT molecular complexity index is 698. The van der Waals surface area contributed by atoms with Crippen LogP contribution in [0.1, 0.15) is 27.2 Å². The van der Waals surface area contributed by atoms with Crippen molar-refractivity contribution in [2.75, 3.05) is 5.32 Å². The van der Waals surface area contributed by atoms with Gasteiger partial charge in [0.05, 0.1) is 17.6 Å². The zero-order chi connectivity index (χ0) is 16.3. The first-order chi connectivity index (χ1) is 10.3. The van der Waals surface area contributed by atoms with E-state index in [0.717, 1.165) is 10.9 Å². The number of aromatic nitrogens is 1. The quantitative estimate of drug-likeness (QED) is 0.906. The van der Waals surface area contributed by atoms with Gasteiger partial charge in [-0.05, 0) is 39.0 Å². The van der Waals surface area contributed by atoms with E-state index in [1.807, 2.05) is 29.0 Å². The number of benzene rings is 1. The Morgan fingerprint density at radius 3 is 2.64 bits per heavy atom. The molecule has 0 fully saturated rings. The molecule has 0 spiro atoms. The van der Waals surface area contributed by atoms with E-state index in [4.69, 9.17) is 9.84 Å². The number of fused-ring (bicyclic) bond motifs is 1. The topological polar surface area (TPSA) is 80.6 Å². The number of carboxylic acid groups (broad SMARTS) is 1. The highest BCUT2D eigenvalue weighted by Crippen LogP contribution is 2.25. The Morgan fingerprint density at radius 1 is 1.27 bits per heavy atom. The summed E-state index contributed by atoms with van der Waals surface area (Å²) in [6, 6.07) is 7.33. The van der Waals surface area contributed by atoms with Crippen molar-refractivity contribution in [3.8, 4) is 0 Å². The number of carbonyl (C=O) groups excluding carboxylic acids is 1. The first-order valence-corrected chi connectivity index (χ1v) is 7.06. The fourth-order valence-corrected chi connectivity index (χ4v) is 2.16. The van der Waals surface area contributed by atoms with E-state index in [9.17, 15) is 9.59 Å². The molecule has 1 aromatic carbocycles. The Balaban J connectivity index is 2.21. The summed E-state index contributed by atoms with van der Waals surface area (Å²) in [5, 5.41) is 12.4. The minimum absolute atomic E-state index is 0.0491. The summed E-state index contributed by atoms with van der Waals surface area (Å²) in [5.74, 6) is -0.843. The van der Waals surface area contributed by atoms with Gasteiger partial charge in [0.25, 0.3) is 0 Å². The van der Waals surface area contributed by atoms with Crippen molar-refractivity contribution in [3.63, 3.8) is 0 Å². The number of hydrogen-bond donors (Lipinski definition) is 2. The molecule has 1 aromatic heterocycles. The van der Waals surface area contributed by atoms with Crippen LogP contribution in [-0.4, -0.2) is 27.3 Å². The number of aliphatic carboxylic acids is 1. The average Bonchev–Trinajstić information content (AvgIpc) is 2.78. The third-order valence-electron chi connectivity index (χ3n) is 3.02. The van der Waals surface area contributed by atoms with Gasteiger partial charge in [0.2, 0.25) is 0 Å². The smallest absolute Gasteiger partial charge is 0.412 e. The van der Waals surface area contributed by atoms with Gasteiger partial charge in [0.15, 0.2) is 0 Å². The van der Waals surface area contributed by atoms with Crippen LogP contribution in [0.2, 0.25) is 0 Å². The van der Waals surface area contributed by atoms with Gasteiger partial charge >= 0.3 is 12.1 Å². The first kappa shape index (κ1) is 15.9. The van der Waals surface area contributed by atoms with Gasteiger partial charge in [0.1, 0.15) is 5.60 Å². The van der Waals surface area contributed by atoms with Crippen LogP contribution in [0.15, 0.2) is 30.5 Å². The molecule has 22 heavy (non-hydrogen) atoms. The summed E-state index contributed by atoms with van der Waals surface area (Å²) >= 11 is 0. The van der Waals surface area contributed by atoms with Crippen LogP contribution < -0.4 is 5.32 Å². The molecule has 2 rings (SSSR count). The third kappa shape index (κ3) is 4.00. The number of anilines is 1. The SMILES string of the molecule is CC(C)(C)OC(=O)Nc1cccc2c1ccn2CCC(=O)O. The summed E-state index contributed by atoms with van der Waals surface area (Å²) in [5.41, 5.74) is 0.946. The minimum atomic E-state index is -0.843. The number of amides is 1.